The van der Waals surface area contributed by atoms with Crippen molar-refractivity contribution in [3.63, 3.8) is 0 Å². The molecule has 13 nitrogen and oxygen atoms in total. The van der Waals surface area contributed by atoms with Gasteiger partial charge in [0.1, 0.15) is 23.7 Å². The topological polar surface area (TPSA) is 152 Å². The Labute approximate surface area is 384 Å². The van der Waals surface area contributed by atoms with Crippen LogP contribution < -0.4 is 10.6 Å². The molecule has 2 aromatic heterocycles. The van der Waals surface area contributed by atoms with Crippen LogP contribution in [-0.4, -0.2) is 104 Å². The number of methoxy groups -OCH3 is 1. The Morgan fingerprint density at radius 2 is 1.32 bits per heavy atom. The van der Waals surface area contributed by atoms with Gasteiger partial charge in [0, 0.05) is 18.3 Å². The van der Waals surface area contributed by atoms with Gasteiger partial charge in [-0.1, -0.05) is 109 Å². The number of thioether (sulfide) groups is 1. The highest BCUT2D eigenvalue weighted by Gasteiger charge is 2.43. The Kier molecular flexibility index (Phi) is 13.5. The second kappa shape index (κ2) is 19.9. The first-order valence-electron chi connectivity index (χ1n) is 22.6. The number of alkyl carbamates (subject to hydrolysis) is 1. The quantitative estimate of drug-likeness (QED) is 0.0700. The molecule has 3 aliphatic rings. The summed E-state index contributed by atoms with van der Waals surface area (Å²) in [5.41, 5.74) is 7.61. The molecule has 3 fully saturated rings. The number of amides is 3. The number of hydrogen-bond acceptors (Lipinski definition) is 9. The zero-order valence-corrected chi connectivity index (χ0v) is 38.0. The molecule has 2 saturated heterocycles. The molecule has 5 atom stereocenters. The number of nitrogens with one attached hydrogen (secondary N) is 4. The van der Waals surface area contributed by atoms with Crippen molar-refractivity contribution >= 4 is 29.7 Å². The number of likely N-dealkylation sites (tertiary alicyclic amines) is 1. The van der Waals surface area contributed by atoms with E-state index < -0.39 is 18.2 Å². The molecule has 14 heteroatoms. The van der Waals surface area contributed by atoms with Crippen molar-refractivity contribution in [2.24, 2.45) is 0 Å². The first-order valence-corrected chi connectivity index (χ1v) is 23.7. The minimum absolute atomic E-state index is 0.0685. The van der Waals surface area contributed by atoms with Gasteiger partial charge in [0.05, 0.1) is 48.3 Å². The Hall–Kier alpha value is -6.22. The maximum atomic E-state index is 14.7. The van der Waals surface area contributed by atoms with E-state index in [1.807, 2.05) is 104 Å². The molecule has 3 amide bonds. The molecule has 4 aromatic carbocycles. The van der Waals surface area contributed by atoms with Gasteiger partial charge in [0.15, 0.2) is 0 Å². The minimum atomic E-state index is -0.875. The van der Waals surface area contributed by atoms with Gasteiger partial charge in [0.25, 0.3) is 5.91 Å². The summed E-state index contributed by atoms with van der Waals surface area (Å²) in [6.45, 7) is 1.53. The standard InChI is InChI=1S/C51H57N9O4S/c1-58(2)46(38-14-8-5-9-15-38)50(62)60-43(32-65-44(60)17-10-28-52-39-26-27-39)48-54-31-41(56-48)36-24-20-34(21-25-36)33-18-22-35(23-19-33)40-30-53-47(55-40)42-16-11-29-59(42)49(61)45(57-51(63)64-3)37-12-6-4-7-13-37/h4-9,12-15,18-25,30-31,39,42-46,52H,10-11,16-17,26-29,32H2,1-3H3,(H,53,55)(H,54,56)(H,57,63). The number of hydrogen-bond donors (Lipinski definition) is 4. The van der Waals surface area contributed by atoms with Crippen LogP contribution in [0, 0.1) is 0 Å². The number of imidazole rings is 2. The lowest BCUT2D eigenvalue weighted by Crippen LogP contribution is -2.44. The van der Waals surface area contributed by atoms with E-state index >= 15 is 0 Å². The van der Waals surface area contributed by atoms with E-state index in [4.69, 9.17) is 14.7 Å². The van der Waals surface area contributed by atoms with E-state index in [1.165, 1.54) is 20.0 Å². The van der Waals surface area contributed by atoms with E-state index in [0.717, 1.165) is 83.0 Å². The molecular formula is C51H57N9O4S. The first-order chi connectivity index (χ1) is 31.7. The minimum Gasteiger partial charge on any atom is -0.453 e. The number of ether oxygens (including phenoxy) is 1. The number of aromatic nitrogens is 4. The molecule has 336 valence electrons. The third-order valence-electron chi connectivity index (χ3n) is 12.8. The van der Waals surface area contributed by atoms with Crippen molar-refractivity contribution in [1.29, 1.82) is 0 Å². The van der Waals surface area contributed by atoms with E-state index in [9.17, 15) is 14.4 Å². The fourth-order valence-electron chi connectivity index (χ4n) is 9.18. The smallest absolute Gasteiger partial charge is 0.407 e. The number of rotatable bonds is 16. The molecule has 1 saturated carbocycles. The summed E-state index contributed by atoms with van der Waals surface area (Å²) in [5, 5.41) is 6.44. The van der Waals surface area contributed by atoms with Crippen LogP contribution in [0.2, 0.25) is 0 Å². The van der Waals surface area contributed by atoms with Crippen LogP contribution in [0.15, 0.2) is 122 Å². The van der Waals surface area contributed by atoms with Gasteiger partial charge in [0.2, 0.25) is 5.91 Å². The van der Waals surface area contributed by atoms with Gasteiger partial charge < -0.3 is 35.1 Å². The molecule has 4 N–H and O–H groups in total. The lowest BCUT2D eigenvalue weighted by molar-refractivity contribution is -0.139. The lowest BCUT2D eigenvalue weighted by Gasteiger charge is -2.34. The third kappa shape index (κ3) is 9.90. The fourth-order valence-corrected chi connectivity index (χ4v) is 10.6. The lowest BCUT2D eigenvalue weighted by atomic mass is 10.0. The predicted octanol–water partition coefficient (Wildman–Crippen LogP) is 8.67. The molecule has 4 heterocycles. The van der Waals surface area contributed by atoms with E-state index in [0.29, 0.717) is 24.0 Å². The summed E-state index contributed by atoms with van der Waals surface area (Å²) < 4.78 is 4.85. The van der Waals surface area contributed by atoms with Crippen LogP contribution in [0.5, 0.6) is 0 Å². The van der Waals surface area contributed by atoms with Crippen LogP contribution >= 0.6 is 11.8 Å². The second-order valence-corrected chi connectivity index (χ2v) is 18.6. The van der Waals surface area contributed by atoms with Gasteiger partial charge >= 0.3 is 6.09 Å². The normalized spacial score (nSPS) is 19.4. The van der Waals surface area contributed by atoms with Gasteiger partial charge in [-0.2, -0.15) is 0 Å². The molecule has 65 heavy (non-hydrogen) atoms. The Bertz CT molecular complexity index is 2540. The monoisotopic (exact) mass is 891 g/mol. The van der Waals surface area contributed by atoms with Gasteiger partial charge in [-0.15, -0.1) is 11.8 Å². The maximum Gasteiger partial charge on any atom is 0.407 e. The fraction of sp³-hybridized carbons (Fsp3) is 0.353. The molecule has 0 radical (unpaired) electrons. The van der Waals surface area contributed by atoms with Crippen LogP contribution in [0.25, 0.3) is 33.6 Å². The van der Waals surface area contributed by atoms with Crippen molar-refractivity contribution in [3.8, 4) is 33.6 Å². The summed E-state index contributed by atoms with van der Waals surface area (Å²) in [7, 11) is 5.25. The van der Waals surface area contributed by atoms with Crippen molar-refractivity contribution in [2.75, 3.05) is 40.0 Å². The van der Waals surface area contributed by atoms with Crippen LogP contribution in [0.1, 0.15) is 85.5 Å². The van der Waals surface area contributed by atoms with E-state index in [-0.39, 0.29) is 29.3 Å². The molecule has 1 aliphatic carbocycles. The molecular weight excluding hydrogens is 835 g/mol. The Morgan fingerprint density at radius 3 is 1.89 bits per heavy atom. The van der Waals surface area contributed by atoms with Gasteiger partial charge in [-0.05, 0) is 92.5 Å². The Balaban J connectivity index is 0.871. The molecule has 0 spiro atoms. The highest BCUT2D eigenvalue weighted by atomic mass is 32.2. The van der Waals surface area contributed by atoms with Crippen LogP contribution in [0.4, 0.5) is 4.79 Å². The molecule has 2 aliphatic heterocycles. The number of carbonyl (C=O) groups excluding carboxylic acids is 3. The number of likely N-dealkylation sites (N-methyl/N-ethyl adjacent to an activating group) is 1. The number of carbonyl (C=O) groups is 3. The maximum absolute atomic E-state index is 14.7. The molecule has 9 rings (SSSR count). The SMILES string of the molecule is COC(=O)NC(C(=O)N1CCCC1c1ncc(-c2ccc(-c3ccc(-c4cnc(C5CSC(CCCNC6CC6)N5C(=O)C(c5ccccc5)N(C)C)[nH]4)cc3)cc2)[nH]1)c1ccccc1. The van der Waals surface area contributed by atoms with Crippen LogP contribution in [-0.2, 0) is 14.3 Å². The zero-order chi connectivity index (χ0) is 44.9. The average molecular weight is 892 g/mol. The van der Waals surface area contributed by atoms with Gasteiger partial charge in [-0.25, -0.2) is 14.8 Å². The third-order valence-corrected chi connectivity index (χ3v) is 14.1. The summed E-state index contributed by atoms with van der Waals surface area (Å²) in [6, 6.07) is 35.1. The Morgan fingerprint density at radius 1 is 0.754 bits per heavy atom. The summed E-state index contributed by atoms with van der Waals surface area (Å²) in [6.07, 6.45) is 9.11. The number of nitrogens with zero attached hydrogens (tertiary/aromatic N) is 5. The first kappa shape index (κ1) is 44.0. The number of aromatic amines is 2. The average Bonchev–Trinajstić information content (AvgIpc) is 3.79. The number of H-pyrrole nitrogens is 2. The molecule has 5 unspecified atom stereocenters. The van der Waals surface area contributed by atoms with E-state index in [2.05, 4.69) is 74.0 Å². The number of benzene rings is 4. The largest absolute Gasteiger partial charge is 0.453 e. The van der Waals surface area contributed by atoms with Crippen LogP contribution in [0.3, 0.4) is 0 Å². The van der Waals surface area contributed by atoms with Crippen molar-refractivity contribution in [2.45, 2.75) is 74.1 Å². The highest BCUT2D eigenvalue weighted by Crippen LogP contribution is 2.43. The van der Waals surface area contributed by atoms with Crippen molar-refractivity contribution in [1.82, 2.24) is 45.3 Å². The van der Waals surface area contributed by atoms with Gasteiger partial charge in [-0.3, -0.25) is 14.5 Å². The molecule has 0 bridgehead atoms. The summed E-state index contributed by atoms with van der Waals surface area (Å²) in [4.78, 5) is 63.5. The summed E-state index contributed by atoms with van der Waals surface area (Å²) in [5.74, 6) is 2.21. The van der Waals surface area contributed by atoms with Crippen molar-refractivity contribution in [3.05, 3.63) is 144 Å². The zero-order valence-electron chi connectivity index (χ0n) is 37.2. The second-order valence-electron chi connectivity index (χ2n) is 17.4. The molecule has 6 aromatic rings. The predicted molar refractivity (Wildman–Crippen MR) is 254 cm³/mol. The highest BCUT2D eigenvalue weighted by molar-refractivity contribution is 8.00. The van der Waals surface area contributed by atoms with E-state index in [1.54, 1.807) is 4.90 Å². The van der Waals surface area contributed by atoms with Crippen molar-refractivity contribution < 1.29 is 19.1 Å². The summed E-state index contributed by atoms with van der Waals surface area (Å²) >= 11 is 1.86.